The summed E-state index contributed by atoms with van der Waals surface area (Å²) in [4.78, 5) is 27.6. The second kappa shape index (κ2) is 8.20. The largest absolute Gasteiger partial charge is 0.451 e. The Morgan fingerprint density at radius 2 is 1.81 bits per heavy atom. The molecule has 1 fully saturated rings. The van der Waals surface area contributed by atoms with E-state index in [0.717, 1.165) is 10.4 Å². The maximum absolute atomic E-state index is 12.3. The number of halogens is 1. The summed E-state index contributed by atoms with van der Waals surface area (Å²) < 4.78 is 10.8. The van der Waals surface area contributed by atoms with Crippen molar-refractivity contribution in [2.75, 3.05) is 19.7 Å². The number of benzene rings is 1. The summed E-state index contributed by atoms with van der Waals surface area (Å²) in [5.74, 6) is -0.687. The van der Waals surface area contributed by atoms with E-state index in [9.17, 15) is 9.59 Å². The van der Waals surface area contributed by atoms with E-state index in [1.807, 2.05) is 32.0 Å². The van der Waals surface area contributed by atoms with Gasteiger partial charge in [0.25, 0.3) is 5.91 Å². The standard InChI is InChI=1S/C19H20ClNO4S/c1-12-9-21(10-13(2)25-12)18(22)11-24-19(23)17-8-7-16(26-17)14-3-5-15(20)6-4-14/h3-8,12-13H,9-11H2,1-2H3/t12-,13-/m1/s1. The highest BCUT2D eigenvalue weighted by Gasteiger charge is 2.26. The molecule has 7 heteroatoms. The van der Waals surface area contributed by atoms with E-state index in [0.29, 0.717) is 23.0 Å². The van der Waals surface area contributed by atoms with Crippen molar-refractivity contribution in [3.8, 4) is 10.4 Å². The van der Waals surface area contributed by atoms with Crippen molar-refractivity contribution in [1.29, 1.82) is 0 Å². The molecule has 1 aliphatic heterocycles. The molecule has 0 bridgehead atoms. The van der Waals surface area contributed by atoms with Crippen LogP contribution in [0.15, 0.2) is 36.4 Å². The van der Waals surface area contributed by atoms with Crippen molar-refractivity contribution < 1.29 is 19.1 Å². The Balaban J connectivity index is 1.57. The van der Waals surface area contributed by atoms with Crippen LogP contribution < -0.4 is 0 Å². The van der Waals surface area contributed by atoms with Crippen LogP contribution in [0.2, 0.25) is 5.02 Å². The Morgan fingerprint density at radius 3 is 2.46 bits per heavy atom. The monoisotopic (exact) mass is 393 g/mol. The molecule has 1 aromatic carbocycles. The summed E-state index contributed by atoms with van der Waals surface area (Å²) in [6.07, 6.45) is -0.0322. The molecule has 0 aliphatic carbocycles. The first kappa shape index (κ1) is 18.9. The van der Waals surface area contributed by atoms with Crippen molar-refractivity contribution in [3.05, 3.63) is 46.3 Å². The summed E-state index contributed by atoms with van der Waals surface area (Å²) >= 11 is 7.22. The molecule has 1 aliphatic rings. The Labute approximate surface area is 161 Å². The molecule has 0 unspecified atom stereocenters. The van der Waals surface area contributed by atoms with Crippen LogP contribution in [0.25, 0.3) is 10.4 Å². The summed E-state index contributed by atoms with van der Waals surface area (Å²) in [5, 5.41) is 0.662. The molecule has 138 valence electrons. The zero-order valence-electron chi connectivity index (χ0n) is 14.6. The van der Waals surface area contributed by atoms with Gasteiger partial charge in [-0.25, -0.2) is 4.79 Å². The van der Waals surface area contributed by atoms with Crippen LogP contribution >= 0.6 is 22.9 Å². The van der Waals surface area contributed by atoms with Gasteiger partial charge in [-0.05, 0) is 43.7 Å². The van der Waals surface area contributed by atoms with E-state index < -0.39 is 5.97 Å². The number of carbonyl (C=O) groups excluding carboxylic acids is 2. The van der Waals surface area contributed by atoms with Crippen molar-refractivity contribution in [2.24, 2.45) is 0 Å². The Hall–Kier alpha value is -1.89. The summed E-state index contributed by atoms with van der Waals surface area (Å²) in [6, 6.07) is 11.0. The lowest BCUT2D eigenvalue weighted by molar-refractivity contribution is -0.146. The Morgan fingerprint density at radius 1 is 1.15 bits per heavy atom. The van der Waals surface area contributed by atoms with Gasteiger partial charge in [0.15, 0.2) is 6.61 Å². The average molecular weight is 394 g/mol. The highest BCUT2D eigenvalue weighted by atomic mass is 35.5. The molecule has 2 heterocycles. The van der Waals surface area contributed by atoms with Gasteiger partial charge in [0.05, 0.1) is 12.2 Å². The lowest BCUT2D eigenvalue weighted by Crippen LogP contribution is -2.49. The van der Waals surface area contributed by atoms with Crippen LogP contribution in [0.1, 0.15) is 23.5 Å². The minimum atomic E-state index is -0.488. The fourth-order valence-corrected chi connectivity index (χ4v) is 3.92. The number of thiophene rings is 1. The molecule has 0 N–H and O–H groups in total. The quantitative estimate of drug-likeness (QED) is 0.740. The number of hydrogen-bond donors (Lipinski definition) is 0. The van der Waals surface area contributed by atoms with Gasteiger partial charge in [-0.1, -0.05) is 23.7 Å². The van der Waals surface area contributed by atoms with E-state index in [4.69, 9.17) is 21.1 Å². The highest BCUT2D eigenvalue weighted by molar-refractivity contribution is 7.17. The zero-order chi connectivity index (χ0) is 18.7. The smallest absolute Gasteiger partial charge is 0.348 e. The maximum Gasteiger partial charge on any atom is 0.348 e. The predicted molar refractivity (Wildman–Crippen MR) is 102 cm³/mol. The fourth-order valence-electron chi connectivity index (χ4n) is 2.89. The highest BCUT2D eigenvalue weighted by Crippen LogP contribution is 2.29. The second-order valence-electron chi connectivity index (χ2n) is 6.30. The van der Waals surface area contributed by atoms with E-state index in [-0.39, 0.29) is 24.7 Å². The minimum Gasteiger partial charge on any atom is -0.451 e. The summed E-state index contributed by atoms with van der Waals surface area (Å²) in [6.45, 7) is 4.62. The van der Waals surface area contributed by atoms with E-state index >= 15 is 0 Å². The molecule has 26 heavy (non-hydrogen) atoms. The van der Waals surface area contributed by atoms with Gasteiger partial charge in [-0.15, -0.1) is 11.3 Å². The Kier molecular flexibility index (Phi) is 5.96. The van der Waals surface area contributed by atoms with Crippen LogP contribution in [0.4, 0.5) is 0 Å². The molecule has 2 atom stereocenters. The minimum absolute atomic E-state index is 0.0161. The third-order valence-corrected chi connectivity index (χ3v) is 5.40. The van der Waals surface area contributed by atoms with Crippen LogP contribution in [-0.4, -0.2) is 48.7 Å². The van der Waals surface area contributed by atoms with Crippen molar-refractivity contribution >= 4 is 34.8 Å². The average Bonchev–Trinajstić information content (AvgIpc) is 3.09. The normalized spacial score (nSPS) is 20.0. The molecule has 3 rings (SSSR count). The molecule has 2 aromatic rings. The second-order valence-corrected chi connectivity index (χ2v) is 7.82. The third-order valence-electron chi connectivity index (χ3n) is 4.03. The van der Waals surface area contributed by atoms with E-state index in [2.05, 4.69) is 0 Å². The number of morpholine rings is 1. The van der Waals surface area contributed by atoms with Crippen LogP contribution in [0, 0.1) is 0 Å². The number of hydrogen-bond acceptors (Lipinski definition) is 5. The third kappa shape index (κ3) is 4.63. The van der Waals surface area contributed by atoms with Crippen LogP contribution in [0.5, 0.6) is 0 Å². The number of esters is 1. The zero-order valence-corrected chi connectivity index (χ0v) is 16.2. The van der Waals surface area contributed by atoms with Gasteiger partial charge in [-0.2, -0.15) is 0 Å². The van der Waals surface area contributed by atoms with Crippen LogP contribution in [-0.2, 0) is 14.3 Å². The summed E-state index contributed by atoms with van der Waals surface area (Å²) in [7, 11) is 0. The first-order chi connectivity index (χ1) is 12.4. The molecular weight excluding hydrogens is 374 g/mol. The molecule has 1 aromatic heterocycles. The van der Waals surface area contributed by atoms with Gasteiger partial charge >= 0.3 is 5.97 Å². The molecule has 1 amide bonds. The molecule has 0 saturated carbocycles. The molecular formula is C19H20ClNO4S. The fraction of sp³-hybridized carbons (Fsp3) is 0.368. The SMILES string of the molecule is C[C@@H]1CN(C(=O)COC(=O)c2ccc(-c3ccc(Cl)cc3)s2)C[C@@H](C)O1. The number of rotatable bonds is 4. The summed E-state index contributed by atoms with van der Waals surface area (Å²) in [5.41, 5.74) is 0.978. The Bertz CT molecular complexity index is 779. The maximum atomic E-state index is 12.3. The molecule has 1 saturated heterocycles. The van der Waals surface area contributed by atoms with Gasteiger partial charge in [0, 0.05) is 23.0 Å². The topological polar surface area (TPSA) is 55.8 Å². The molecule has 0 radical (unpaired) electrons. The van der Waals surface area contributed by atoms with Gasteiger partial charge in [0.2, 0.25) is 0 Å². The van der Waals surface area contributed by atoms with Crippen molar-refractivity contribution in [1.82, 2.24) is 4.90 Å². The lowest BCUT2D eigenvalue weighted by atomic mass is 10.2. The van der Waals surface area contributed by atoms with Crippen molar-refractivity contribution in [2.45, 2.75) is 26.1 Å². The first-order valence-electron chi connectivity index (χ1n) is 8.38. The number of nitrogens with zero attached hydrogens (tertiary/aromatic N) is 1. The number of carbonyl (C=O) groups is 2. The van der Waals surface area contributed by atoms with Gasteiger partial charge < -0.3 is 14.4 Å². The van der Waals surface area contributed by atoms with E-state index in [1.165, 1.54) is 11.3 Å². The van der Waals surface area contributed by atoms with Gasteiger partial charge in [-0.3, -0.25) is 4.79 Å². The van der Waals surface area contributed by atoms with Crippen LogP contribution in [0.3, 0.4) is 0 Å². The predicted octanol–water partition coefficient (Wildman–Crippen LogP) is 3.86. The number of amides is 1. The van der Waals surface area contributed by atoms with Gasteiger partial charge in [0.1, 0.15) is 4.88 Å². The number of ether oxygens (including phenoxy) is 2. The van der Waals surface area contributed by atoms with E-state index in [1.54, 1.807) is 23.1 Å². The first-order valence-corrected chi connectivity index (χ1v) is 9.58. The lowest BCUT2D eigenvalue weighted by Gasteiger charge is -2.35. The van der Waals surface area contributed by atoms with Crippen molar-refractivity contribution in [3.63, 3.8) is 0 Å². The molecule has 0 spiro atoms. The molecule has 5 nitrogen and oxygen atoms in total.